The minimum atomic E-state index is -4.00. The summed E-state index contributed by atoms with van der Waals surface area (Å²) < 4.78 is 62.4. The first-order valence-electron chi connectivity index (χ1n) is 7.44. The second-order valence-electron chi connectivity index (χ2n) is 5.54. The zero-order valence-electron chi connectivity index (χ0n) is 13.1. The molecule has 130 valence electrons. The molecule has 2 aromatic carbocycles. The summed E-state index contributed by atoms with van der Waals surface area (Å²) in [6, 6.07) is 10.3. The van der Waals surface area contributed by atoms with Crippen LogP contribution >= 0.6 is 0 Å². The number of hydrogen-bond acceptors (Lipinski definition) is 3. The van der Waals surface area contributed by atoms with Gasteiger partial charge in [0.15, 0.2) is 11.6 Å². The van der Waals surface area contributed by atoms with Crippen molar-refractivity contribution in [3.63, 3.8) is 0 Å². The Morgan fingerprint density at radius 2 is 1.79 bits per heavy atom. The molecule has 0 amide bonds. The fraction of sp³-hybridized carbons (Fsp3) is 0.294. The summed E-state index contributed by atoms with van der Waals surface area (Å²) in [5.74, 6) is -1.26. The number of aryl methyl sites for hydroxylation is 1. The maximum atomic E-state index is 13.2. The minimum absolute atomic E-state index is 0.186. The van der Waals surface area contributed by atoms with Crippen LogP contribution in [-0.4, -0.2) is 18.2 Å². The normalized spacial score (nSPS) is 12.8. The maximum absolute atomic E-state index is 13.2. The van der Waals surface area contributed by atoms with Crippen LogP contribution in [0.2, 0.25) is 0 Å². The van der Waals surface area contributed by atoms with Gasteiger partial charge in [0.05, 0.1) is 5.25 Å². The molecular formula is C17H18F2O4S. The fourth-order valence-corrected chi connectivity index (χ4v) is 2.65. The highest BCUT2D eigenvalue weighted by Gasteiger charge is 2.16. The first-order chi connectivity index (χ1) is 11.3. The lowest BCUT2D eigenvalue weighted by atomic mass is 10.1. The van der Waals surface area contributed by atoms with Crippen molar-refractivity contribution in [2.24, 2.45) is 0 Å². The topological polar surface area (TPSA) is 63.6 Å². The molecule has 0 aliphatic carbocycles. The van der Waals surface area contributed by atoms with Crippen molar-refractivity contribution in [3.8, 4) is 11.5 Å². The molecule has 0 heterocycles. The molecule has 0 aliphatic heterocycles. The lowest BCUT2D eigenvalue weighted by Gasteiger charge is -2.10. The Kier molecular flexibility index (Phi) is 5.90. The van der Waals surface area contributed by atoms with Crippen molar-refractivity contribution >= 4 is 10.1 Å². The third-order valence-corrected chi connectivity index (χ3v) is 4.86. The van der Waals surface area contributed by atoms with Gasteiger partial charge in [0.1, 0.15) is 11.5 Å². The van der Waals surface area contributed by atoms with Crippen LogP contribution in [0.3, 0.4) is 0 Å². The second kappa shape index (κ2) is 7.72. The third-order valence-electron chi connectivity index (χ3n) is 3.61. The van der Waals surface area contributed by atoms with Gasteiger partial charge in [-0.3, -0.25) is 4.55 Å². The monoisotopic (exact) mass is 356 g/mol. The fourth-order valence-electron chi connectivity index (χ4n) is 2.18. The van der Waals surface area contributed by atoms with Gasteiger partial charge in [0, 0.05) is 6.07 Å². The molecule has 4 nitrogen and oxygen atoms in total. The van der Waals surface area contributed by atoms with E-state index in [1.165, 1.54) is 13.0 Å². The Bertz CT molecular complexity index is 806. The molecule has 1 atom stereocenters. The molecule has 0 spiro atoms. The summed E-state index contributed by atoms with van der Waals surface area (Å²) in [5.41, 5.74) is 0.914. The molecular weight excluding hydrogens is 338 g/mol. The Labute approximate surface area is 139 Å². The van der Waals surface area contributed by atoms with Crippen molar-refractivity contribution in [2.75, 3.05) is 0 Å². The van der Waals surface area contributed by atoms with E-state index in [2.05, 4.69) is 0 Å². The average molecular weight is 356 g/mol. The van der Waals surface area contributed by atoms with E-state index < -0.39 is 27.0 Å². The summed E-state index contributed by atoms with van der Waals surface area (Å²) >= 11 is 0. The van der Waals surface area contributed by atoms with Gasteiger partial charge in [-0.15, -0.1) is 0 Å². The molecule has 24 heavy (non-hydrogen) atoms. The van der Waals surface area contributed by atoms with Gasteiger partial charge in [-0.05, 0) is 56.0 Å². The predicted octanol–water partition coefficient (Wildman–Crippen LogP) is 4.36. The lowest BCUT2D eigenvalue weighted by Crippen LogP contribution is -2.16. The first kappa shape index (κ1) is 18.4. The second-order valence-corrected chi connectivity index (χ2v) is 7.38. The smallest absolute Gasteiger partial charge is 0.267 e. The van der Waals surface area contributed by atoms with Crippen LogP contribution in [0.15, 0.2) is 42.5 Å². The molecule has 0 saturated heterocycles. The average Bonchev–Trinajstić information content (AvgIpc) is 2.50. The van der Waals surface area contributed by atoms with Crippen LogP contribution in [0, 0.1) is 11.6 Å². The summed E-state index contributed by atoms with van der Waals surface area (Å²) in [6.45, 7) is 1.46. The van der Waals surface area contributed by atoms with E-state index in [1.807, 2.05) is 6.07 Å². The van der Waals surface area contributed by atoms with Crippen LogP contribution in [0.25, 0.3) is 0 Å². The summed E-state index contributed by atoms with van der Waals surface area (Å²) in [6.07, 6.45) is 1.53. The molecule has 0 aliphatic rings. The molecule has 0 bridgehead atoms. The SMILES string of the molecule is CC(CCCc1cccc(Oc2ccc(F)c(F)c2)c1)S(=O)(=O)O. The summed E-state index contributed by atoms with van der Waals surface area (Å²) in [7, 11) is -4.00. The van der Waals surface area contributed by atoms with Gasteiger partial charge in [-0.1, -0.05) is 12.1 Å². The molecule has 2 rings (SSSR count). The van der Waals surface area contributed by atoms with E-state index in [-0.39, 0.29) is 5.75 Å². The maximum Gasteiger partial charge on any atom is 0.267 e. The highest BCUT2D eigenvalue weighted by atomic mass is 32.2. The highest BCUT2D eigenvalue weighted by Crippen LogP contribution is 2.24. The van der Waals surface area contributed by atoms with Gasteiger partial charge in [0.2, 0.25) is 0 Å². The predicted molar refractivity (Wildman–Crippen MR) is 86.8 cm³/mol. The van der Waals surface area contributed by atoms with E-state index in [1.54, 1.807) is 18.2 Å². The number of halogens is 2. The van der Waals surface area contributed by atoms with Crippen LogP contribution in [0.1, 0.15) is 25.3 Å². The van der Waals surface area contributed by atoms with Crippen molar-refractivity contribution < 1.29 is 26.5 Å². The van der Waals surface area contributed by atoms with Crippen LogP contribution in [0.5, 0.6) is 11.5 Å². The zero-order valence-corrected chi connectivity index (χ0v) is 13.9. The standard InChI is InChI=1S/C17H18F2O4S/c1-12(24(20,21)22)4-2-5-13-6-3-7-14(10-13)23-15-8-9-16(18)17(19)11-15/h3,6-12H,2,4-5H2,1H3,(H,20,21,22). The Morgan fingerprint density at radius 1 is 1.08 bits per heavy atom. The van der Waals surface area contributed by atoms with Gasteiger partial charge < -0.3 is 4.74 Å². The number of ether oxygens (including phenoxy) is 1. The van der Waals surface area contributed by atoms with E-state index in [9.17, 15) is 17.2 Å². The summed E-state index contributed by atoms with van der Waals surface area (Å²) in [4.78, 5) is 0. The molecule has 0 radical (unpaired) electrons. The quantitative estimate of drug-likeness (QED) is 0.749. The molecule has 7 heteroatoms. The lowest BCUT2D eigenvalue weighted by molar-refractivity contribution is 0.460. The van der Waals surface area contributed by atoms with E-state index in [0.717, 1.165) is 17.7 Å². The largest absolute Gasteiger partial charge is 0.457 e. The molecule has 0 aromatic heterocycles. The van der Waals surface area contributed by atoms with Gasteiger partial charge in [-0.25, -0.2) is 8.78 Å². The third kappa shape index (κ3) is 5.28. The number of benzene rings is 2. The molecule has 1 unspecified atom stereocenters. The van der Waals surface area contributed by atoms with Crippen molar-refractivity contribution in [3.05, 3.63) is 59.7 Å². The van der Waals surface area contributed by atoms with Crippen molar-refractivity contribution in [1.29, 1.82) is 0 Å². The first-order valence-corrected chi connectivity index (χ1v) is 8.94. The highest BCUT2D eigenvalue weighted by molar-refractivity contribution is 7.86. The Morgan fingerprint density at radius 3 is 2.46 bits per heavy atom. The van der Waals surface area contributed by atoms with E-state index in [4.69, 9.17) is 9.29 Å². The van der Waals surface area contributed by atoms with Gasteiger partial charge in [-0.2, -0.15) is 8.42 Å². The molecule has 0 saturated carbocycles. The molecule has 0 fully saturated rings. The van der Waals surface area contributed by atoms with Crippen LogP contribution in [0.4, 0.5) is 8.78 Å². The van der Waals surface area contributed by atoms with Gasteiger partial charge >= 0.3 is 0 Å². The van der Waals surface area contributed by atoms with Crippen LogP contribution in [-0.2, 0) is 16.5 Å². The number of hydrogen-bond donors (Lipinski definition) is 1. The Hall–Kier alpha value is -1.99. The van der Waals surface area contributed by atoms with E-state index in [0.29, 0.717) is 25.0 Å². The summed E-state index contributed by atoms with van der Waals surface area (Å²) in [5, 5.41) is -0.806. The van der Waals surface area contributed by atoms with Crippen molar-refractivity contribution in [1.82, 2.24) is 0 Å². The zero-order chi connectivity index (χ0) is 17.7. The van der Waals surface area contributed by atoms with Crippen molar-refractivity contribution in [2.45, 2.75) is 31.4 Å². The minimum Gasteiger partial charge on any atom is -0.457 e. The molecule has 1 N–H and O–H groups in total. The molecule has 2 aromatic rings. The van der Waals surface area contributed by atoms with Gasteiger partial charge in [0.25, 0.3) is 10.1 Å². The van der Waals surface area contributed by atoms with E-state index >= 15 is 0 Å². The number of rotatable bonds is 7. The Balaban J connectivity index is 1.97. The van der Waals surface area contributed by atoms with Crippen LogP contribution < -0.4 is 4.74 Å².